The molecule has 0 saturated heterocycles. The number of hydrogen-bond acceptors (Lipinski definition) is 4. The van der Waals surface area contributed by atoms with E-state index in [9.17, 15) is 4.79 Å². The van der Waals surface area contributed by atoms with Crippen LogP contribution >= 0.6 is 0 Å². The summed E-state index contributed by atoms with van der Waals surface area (Å²) < 4.78 is 0. The number of carbonyl (C=O) groups excluding carboxylic acids is 1. The monoisotopic (exact) mass is 344 g/mol. The summed E-state index contributed by atoms with van der Waals surface area (Å²) in [5.41, 5.74) is 5.76. The maximum absolute atomic E-state index is 12.4. The van der Waals surface area contributed by atoms with Crippen LogP contribution in [-0.2, 0) is 6.42 Å². The lowest BCUT2D eigenvalue weighted by Gasteiger charge is -2.17. The zero-order chi connectivity index (χ0) is 18.1. The number of nitrogens with zero attached hydrogens (tertiary/aromatic N) is 3. The summed E-state index contributed by atoms with van der Waals surface area (Å²) in [6.45, 7) is 4.89. The van der Waals surface area contributed by atoms with Gasteiger partial charge in [-0.25, -0.2) is 0 Å². The first-order valence-electron chi connectivity index (χ1n) is 8.69. The largest absolute Gasteiger partial charge is 0.324 e. The number of amides is 1. The molecule has 0 bridgehead atoms. The highest BCUT2D eigenvalue weighted by Crippen LogP contribution is 2.32. The lowest BCUT2D eigenvalue weighted by molar-refractivity contribution is 0.102. The molecule has 0 fully saturated rings. The lowest BCUT2D eigenvalue weighted by atomic mass is 10.1. The summed E-state index contributed by atoms with van der Waals surface area (Å²) in [6, 6.07) is 17.8. The Morgan fingerprint density at radius 1 is 1.00 bits per heavy atom. The average molecular weight is 344 g/mol. The van der Waals surface area contributed by atoms with Gasteiger partial charge in [0.25, 0.3) is 5.91 Å². The molecule has 0 spiro atoms. The van der Waals surface area contributed by atoms with Crippen LogP contribution in [0.1, 0.15) is 27.2 Å². The predicted octanol–water partition coefficient (Wildman–Crippen LogP) is 4.04. The van der Waals surface area contributed by atoms with Crippen LogP contribution in [0.4, 0.5) is 17.2 Å². The van der Waals surface area contributed by atoms with Gasteiger partial charge < -0.3 is 10.2 Å². The number of para-hydroxylation sites is 1. The second-order valence-electron chi connectivity index (χ2n) is 6.64. The Balaban J connectivity index is 1.52. The molecule has 0 saturated carbocycles. The number of fused-ring (bicyclic) bond motifs is 1. The topological polar surface area (TPSA) is 58.1 Å². The number of benzene rings is 2. The van der Waals surface area contributed by atoms with E-state index in [1.807, 2.05) is 38.1 Å². The van der Waals surface area contributed by atoms with Gasteiger partial charge in [-0.05, 0) is 67.3 Å². The standard InChI is InChI=1S/C21H20N4O/c1-14-11-15(2)13-17(12-14)22-21(26)18-7-8-20(24-23-18)25-10-9-16-5-3-4-6-19(16)25/h3-8,11-13H,9-10H2,1-2H3,(H,22,26). The van der Waals surface area contributed by atoms with E-state index in [1.165, 1.54) is 5.56 Å². The summed E-state index contributed by atoms with van der Waals surface area (Å²) in [5.74, 6) is 0.508. The Labute approximate surface area is 152 Å². The molecule has 1 aromatic heterocycles. The number of aromatic nitrogens is 2. The van der Waals surface area contributed by atoms with Crippen molar-refractivity contribution >= 4 is 23.1 Å². The van der Waals surface area contributed by atoms with E-state index in [2.05, 4.69) is 44.7 Å². The maximum Gasteiger partial charge on any atom is 0.276 e. The molecule has 5 heteroatoms. The summed E-state index contributed by atoms with van der Waals surface area (Å²) in [5, 5.41) is 11.3. The molecule has 0 radical (unpaired) electrons. The zero-order valence-corrected chi connectivity index (χ0v) is 14.9. The molecule has 1 aliphatic rings. The van der Waals surface area contributed by atoms with Crippen LogP contribution in [0.15, 0.2) is 54.6 Å². The van der Waals surface area contributed by atoms with Crippen molar-refractivity contribution in [1.82, 2.24) is 10.2 Å². The highest BCUT2D eigenvalue weighted by molar-refractivity contribution is 6.02. The van der Waals surface area contributed by atoms with Crippen LogP contribution in [0.5, 0.6) is 0 Å². The van der Waals surface area contributed by atoms with Crippen molar-refractivity contribution in [3.05, 3.63) is 77.0 Å². The van der Waals surface area contributed by atoms with Gasteiger partial charge >= 0.3 is 0 Å². The van der Waals surface area contributed by atoms with Gasteiger partial charge in [0.1, 0.15) is 0 Å². The zero-order valence-electron chi connectivity index (χ0n) is 14.9. The summed E-state index contributed by atoms with van der Waals surface area (Å²) in [7, 11) is 0. The predicted molar refractivity (Wildman–Crippen MR) is 103 cm³/mol. The number of carbonyl (C=O) groups is 1. The van der Waals surface area contributed by atoms with E-state index in [1.54, 1.807) is 6.07 Å². The van der Waals surface area contributed by atoms with Gasteiger partial charge in [-0.15, -0.1) is 10.2 Å². The maximum atomic E-state index is 12.4. The molecule has 130 valence electrons. The molecule has 1 N–H and O–H groups in total. The van der Waals surface area contributed by atoms with Crippen LogP contribution in [0.2, 0.25) is 0 Å². The fraction of sp³-hybridized carbons (Fsp3) is 0.190. The van der Waals surface area contributed by atoms with E-state index < -0.39 is 0 Å². The summed E-state index contributed by atoms with van der Waals surface area (Å²) >= 11 is 0. The number of nitrogens with one attached hydrogen (secondary N) is 1. The molecule has 3 aromatic rings. The number of anilines is 3. The van der Waals surface area contributed by atoms with Crippen molar-refractivity contribution in [2.75, 3.05) is 16.8 Å². The first kappa shape index (κ1) is 16.3. The van der Waals surface area contributed by atoms with E-state index in [-0.39, 0.29) is 5.91 Å². The Kier molecular flexibility index (Phi) is 4.13. The van der Waals surface area contributed by atoms with E-state index >= 15 is 0 Å². The van der Waals surface area contributed by atoms with Crippen molar-refractivity contribution in [3.63, 3.8) is 0 Å². The molecule has 0 atom stereocenters. The minimum absolute atomic E-state index is 0.254. The Morgan fingerprint density at radius 3 is 2.50 bits per heavy atom. The van der Waals surface area contributed by atoms with E-state index in [4.69, 9.17) is 0 Å². The highest BCUT2D eigenvalue weighted by atomic mass is 16.1. The molecule has 4 rings (SSSR count). The quantitative estimate of drug-likeness (QED) is 0.779. The van der Waals surface area contributed by atoms with Crippen LogP contribution in [0.25, 0.3) is 0 Å². The van der Waals surface area contributed by atoms with Crippen LogP contribution in [0.3, 0.4) is 0 Å². The van der Waals surface area contributed by atoms with Gasteiger partial charge in [0.2, 0.25) is 0 Å². The third kappa shape index (κ3) is 3.16. The molecule has 2 heterocycles. The average Bonchev–Trinajstić information content (AvgIpc) is 3.05. The minimum Gasteiger partial charge on any atom is -0.324 e. The summed E-state index contributed by atoms with van der Waals surface area (Å²) in [6.07, 6.45) is 0.993. The molecule has 5 nitrogen and oxygen atoms in total. The molecule has 1 aliphatic heterocycles. The lowest BCUT2D eigenvalue weighted by Crippen LogP contribution is -2.18. The van der Waals surface area contributed by atoms with Gasteiger partial charge in [0, 0.05) is 17.9 Å². The Morgan fingerprint density at radius 2 is 1.77 bits per heavy atom. The summed E-state index contributed by atoms with van der Waals surface area (Å²) in [4.78, 5) is 14.6. The van der Waals surface area contributed by atoms with Crippen molar-refractivity contribution in [3.8, 4) is 0 Å². The van der Waals surface area contributed by atoms with Crippen molar-refractivity contribution in [2.45, 2.75) is 20.3 Å². The van der Waals surface area contributed by atoms with Gasteiger partial charge in [0.15, 0.2) is 11.5 Å². The van der Waals surface area contributed by atoms with Crippen LogP contribution < -0.4 is 10.2 Å². The normalized spacial score (nSPS) is 12.8. The Bertz CT molecular complexity index is 946. The fourth-order valence-corrected chi connectivity index (χ4v) is 3.41. The van der Waals surface area contributed by atoms with Crippen LogP contribution in [0, 0.1) is 13.8 Å². The molecule has 1 amide bonds. The number of hydrogen-bond donors (Lipinski definition) is 1. The first-order valence-corrected chi connectivity index (χ1v) is 8.69. The molecular formula is C21H20N4O. The van der Waals surface area contributed by atoms with E-state index in [0.29, 0.717) is 5.69 Å². The second-order valence-corrected chi connectivity index (χ2v) is 6.64. The SMILES string of the molecule is Cc1cc(C)cc(NC(=O)c2ccc(N3CCc4ccccc43)nn2)c1. The minimum atomic E-state index is -0.254. The molecule has 26 heavy (non-hydrogen) atoms. The van der Waals surface area contributed by atoms with Gasteiger partial charge in [-0.1, -0.05) is 24.3 Å². The fourth-order valence-electron chi connectivity index (χ4n) is 3.41. The van der Waals surface area contributed by atoms with Crippen molar-refractivity contribution in [1.29, 1.82) is 0 Å². The third-order valence-corrected chi connectivity index (χ3v) is 4.53. The molecule has 0 aliphatic carbocycles. The van der Waals surface area contributed by atoms with Gasteiger partial charge in [-0.2, -0.15) is 0 Å². The molecule has 0 unspecified atom stereocenters. The number of aryl methyl sites for hydroxylation is 2. The van der Waals surface area contributed by atoms with Crippen molar-refractivity contribution in [2.24, 2.45) is 0 Å². The Hall–Kier alpha value is -3.21. The van der Waals surface area contributed by atoms with Crippen molar-refractivity contribution < 1.29 is 4.79 Å². The first-order chi connectivity index (χ1) is 12.6. The van der Waals surface area contributed by atoms with Crippen LogP contribution in [-0.4, -0.2) is 22.6 Å². The second kappa shape index (κ2) is 6.59. The smallest absolute Gasteiger partial charge is 0.276 e. The molecular weight excluding hydrogens is 324 g/mol. The third-order valence-electron chi connectivity index (χ3n) is 4.53. The van der Waals surface area contributed by atoms with Gasteiger partial charge in [0.05, 0.1) is 0 Å². The highest BCUT2D eigenvalue weighted by Gasteiger charge is 2.21. The number of rotatable bonds is 3. The van der Waals surface area contributed by atoms with Gasteiger partial charge in [-0.3, -0.25) is 4.79 Å². The molecule has 2 aromatic carbocycles. The van der Waals surface area contributed by atoms with E-state index in [0.717, 1.165) is 41.3 Å².